The Morgan fingerprint density at radius 2 is 1.84 bits per heavy atom. The molecule has 1 saturated heterocycles. The van der Waals surface area contributed by atoms with Crippen molar-refractivity contribution in [3.63, 3.8) is 0 Å². The van der Waals surface area contributed by atoms with Crippen LogP contribution in [0.25, 0.3) is 0 Å². The number of hydrogen-bond acceptors (Lipinski definition) is 3. The van der Waals surface area contributed by atoms with Gasteiger partial charge in [0.15, 0.2) is 5.11 Å². The highest BCUT2D eigenvalue weighted by atomic mass is 79.9. The van der Waals surface area contributed by atoms with Crippen molar-refractivity contribution in [2.75, 3.05) is 13.1 Å². The lowest BCUT2D eigenvalue weighted by Gasteiger charge is -2.44. The predicted molar refractivity (Wildman–Crippen MR) is 135 cm³/mol. The molecule has 1 amide bonds. The van der Waals surface area contributed by atoms with Crippen molar-refractivity contribution in [2.45, 2.75) is 28.8 Å². The summed E-state index contributed by atoms with van der Waals surface area (Å²) in [4.78, 5) is 27.0. The fourth-order valence-corrected chi connectivity index (χ4v) is 5.39. The molecule has 3 atom stereocenters. The highest BCUT2D eigenvalue weighted by molar-refractivity contribution is 9.10. The Bertz CT molecular complexity index is 1110. The quantitative estimate of drug-likeness (QED) is 0.327. The summed E-state index contributed by atoms with van der Waals surface area (Å²) in [7, 11) is 0. The molecule has 2 aliphatic rings. The minimum atomic E-state index is -1.84. The Balaban J connectivity index is 1.48. The van der Waals surface area contributed by atoms with Gasteiger partial charge in [-0.3, -0.25) is 9.59 Å². The first kappa shape index (κ1) is 23.8. The predicted octanol–water partition coefficient (Wildman–Crippen LogP) is 4.03. The number of pyridine rings is 1. The zero-order valence-electron chi connectivity index (χ0n) is 16.7. The third kappa shape index (κ3) is 5.09. The van der Waals surface area contributed by atoms with E-state index in [2.05, 4.69) is 26.6 Å². The van der Waals surface area contributed by atoms with Crippen LogP contribution in [0.3, 0.4) is 0 Å². The lowest BCUT2D eigenvalue weighted by atomic mass is 9.83. The lowest BCUT2D eigenvalue weighted by Crippen LogP contribution is -2.60. The van der Waals surface area contributed by atoms with Crippen LogP contribution in [-0.2, 0) is 6.54 Å². The molecule has 0 aliphatic carbocycles. The number of benzene rings is 1. The van der Waals surface area contributed by atoms with E-state index in [0.29, 0.717) is 34.8 Å². The number of thiocarbonyl (C=S) groups is 1. The molecule has 4 rings (SSSR count). The molecule has 2 N–H and O–H groups in total. The summed E-state index contributed by atoms with van der Waals surface area (Å²) in [5.41, 5.74) is 1.45. The van der Waals surface area contributed by atoms with E-state index in [1.807, 2.05) is 15.5 Å². The normalized spacial score (nSPS) is 20.8. The van der Waals surface area contributed by atoms with Gasteiger partial charge in [-0.25, -0.2) is 0 Å². The molecule has 3 heterocycles. The highest BCUT2D eigenvalue weighted by Crippen LogP contribution is 2.35. The van der Waals surface area contributed by atoms with Crippen molar-refractivity contribution in [2.24, 2.45) is 5.92 Å². The van der Waals surface area contributed by atoms with E-state index in [0.717, 1.165) is 12.1 Å². The average Bonchev–Trinajstić information content (AvgIpc) is 2.73. The Hall–Kier alpha value is -1.32. The largest absolute Gasteiger partial charge is 0.348 e. The van der Waals surface area contributed by atoms with Crippen LogP contribution in [-0.4, -0.2) is 43.5 Å². The molecule has 1 fully saturated rings. The fourth-order valence-electron chi connectivity index (χ4n) is 4.33. The molecule has 0 radical (unpaired) electrons. The highest BCUT2D eigenvalue weighted by Gasteiger charge is 2.39. The van der Waals surface area contributed by atoms with Crippen molar-refractivity contribution in [3.8, 4) is 0 Å². The Morgan fingerprint density at radius 3 is 2.56 bits per heavy atom. The van der Waals surface area contributed by atoms with E-state index >= 15 is 0 Å². The molecule has 11 heteroatoms. The second-order valence-electron chi connectivity index (χ2n) is 7.98. The van der Waals surface area contributed by atoms with E-state index in [-0.39, 0.29) is 17.4 Å². The molecular weight excluding hydrogens is 559 g/mol. The molecule has 2 bridgehead atoms. The molecule has 2 aromatic rings. The molecule has 6 nitrogen and oxygen atoms in total. The molecule has 0 saturated carbocycles. The van der Waals surface area contributed by atoms with Crippen molar-refractivity contribution in [1.29, 1.82) is 0 Å². The molecule has 170 valence electrons. The molecule has 1 aromatic heterocycles. The van der Waals surface area contributed by atoms with Crippen LogP contribution in [0.1, 0.15) is 28.4 Å². The molecular formula is C21H20BrCl3N4O2S. The number of hydrogen-bond donors (Lipinski definition) is 2. The third-order valence-electron chi connectivity index (χ3n) is 5.76. The second-order valence-corrected chi connectivity index (χ2v) is 11.6. The van der Waals surface area contributed by atoms with Crippen molar-refractivity contribution < 1.29 is 4.79 Å². The Morgan fingerprint density at radius 1 is 1.09 bits per heavy atom. The van der Waals surface area contributed by atoms with Gasteiger partial charge in [0.25, 0.3) is 11.5 Å². The van der Waals surface area contributed by atoms with Crippen LogP contribution in [0.15, 0.2) is 51.7 Å². The number of nitrogens with zero attached hydrogens (tertiary/aromatic N) is 2. The van der Waals surface area contributed by atoms with Gasteiger partial charge in [0.05, 0.1) is 5.56 Å². The first-order chi connectivity index (χ1) is 15.1. The SMILES string of the molecule is O=C(NC(NC(=S)N1CC2CC(C1)c1cccc(=O)n1C2)C(Cl)(Cl)Cl)c1ccccc1Br. The zero-order chi connectivity index (χ0) is 23.0. The van der Waals surface area contributed by atoms with Crippen molar-refractivity contribution >= 4 is 74.0 Å². The number of piperidine rings is 1. The topological polar surface area (TPSA) is 66.4 Å². The monoisotopic (exact) mass is 576 g/mol. The van der Waals surface area contributed by atoms with Crippen LogP contribution in [0.5, 0.6) is 0 Å². The van der Waals surface area contributed by atoms with Gasteiger partial charge in [0.1, 0.15) is 6.17 Å². The summed E-state index contributed by atoms with van der Waals surface area (Å²) in [6, 6.07) is 12.3. The number of aromatic nitrogens is 1. The Kier molecular flexibility index (Phi) is 7.08. The fraction of sp³-hybridized carbons (Fsp3) is 0.381. The maximum Gasteiger partial charge on any atom is 0.254 e. The molecule has 3 unspecified atom stereocenters. The first-order valence-electron chi connectivity index (χ1n) is 10.0. The first-order valence-corrected chi connectivity index (χ1v) is 12.3. The van der Waals surface area contributed by atoms with Gasteiger partial charge in [-0.15, -0.1) is 0 Å². The minimum absolute atomic E-state index is 0.0254. The van der Waals surface area contributed by atoms with Gasteiger partial charge >= 0.3 is 0 Å². The summed E-state index contributed by atoms with van der Waals surface area (Å²) in [6.45, 7) is 1.96. The number of carbonyl (C=O) groups is 1. The number of amides is 1. The van der Waals surface area contributed by atoms with E-state index in [9.17, 15) is 9.59 Å². The number of halogens is 4. The number of rotatable bonds is 3. The van der Waals surface area contributed by atoms with E-state index in [4.69, 9.17) is 47.0 Å². The van der Waals surface area contributed by atoms with Gasteiger partial charge < -0.3 is 20.1 Å². The molecule has 0 spiro atoms. The molecule has 1 aromatic carbocycles. The third-order valence-corrected chi connectivity index (χ3v) is 7.48. The molecule has 32 heavy (non-hydrogen) atoms. The summed E-state index contributed by atoms with van der Waals surface area (Å²) < 4.78 is 0.641. The number of alkyl halides is 3. The van der Waals surface area contributed by atoms with E-state index in [1.165, 1.54) is 0 Å². The van der Waals surface area contributed by atoms with Gasteiger partial charge in [0.2, 0.25) is 3.79 Å². The van der Waals surface area contributed by atoms with Crippen LogP contribution >= 0.6 is 63.0 Å². The second kappa shape index (κ2) is 9.50. The number of carbonyl (C=O) groups excluding carboxylic acids is 1. The van der Waals surface area contributed by atoms with Gasteiger partial charge in [-0.1, -0.05) is 53.0 Å². The maximum absolute atomic E-state index is 12.8. The van der Waals surface area contributed by atoms with Gasteiger partial charge in [-0.2, -0.15) is 0 Å². The van der Waals surface area contributed by atoms with Crippen LogP contribution in [0.4, 0.5) is 0 Å². The number of fused-ring (bicyclic) bond motifs is 4. The smallest absolute Gasteiger partial charge is 0.254 e. The maximum atomic E-state index is 12.8. The minimum Gasteiger partial charge on any atom is -0.348 e. The van der Waals surface area contributed by atoms with Gasteiger partial charge in [0, 0.05) is 41.8 Å². The number of likely N-dealkylation sites (tertiary alicyclic amines) is 1. The lowest BCUT2D eigenvalue weighted by molar-refractivity contribution is 0.0932. The summed E-state index contributed by atoms with van der Waals surface area (Å²) in [6.07, 6.45) is -0.0499. The van der Waals surface area contributed by atoms with Crippen molar-refractivity contribution in [1.82, 2.24) is 20.1 Å². The zero-order valence-corrected chi connectivity index (χ0v) is 21.4. The standard InChI is InChI=1S/C21H20BrCl3N4O2S/c22-15-5-2-1-4-14(15)18(31)26-19(21(23,24)25)27-20(32)28-9-12-8-13(11-28)16-6-3-7-17(30)29(16)10-12/h1-7,12-13,19H,8-11H2,(H,26,31)(H,27,32). The summed E-state index contributed by atoms with van der Waals surface area (Å²) in [5.74, 6) is 0.0484. The van der Waals surface area contributed by atoms with Crippen LogP contribution in [0, 0.1) is 5.92 Å². The Labute approximate surface area is 214 Å². The summed E-state index contributed by atoms with van der Waals surface area (Å²) in [5, 5.41) is 6.12. The van der Waals surface area contributed by atoms with Gasteiger partial charge in [-0.05, 0) is 58.7 Å². The van der Waals surface area contributed by atoms with Crippen LogP contribution in [0.2, 0.25) is 0 Å². The number of nitrogens with one attached hydrogen (secondary N) is 2. The average molecular weight is 579 g/mol. The van der Waals surface area contributed by atoms with Crippen molar-refractivity contribution in [3.05, 3.63) is 68.5 Å². The van der Waals surface area contributed by atoms with Crippen LogP contribution < -0.4 is 16.2 Å². The summed E-state index contributed by atoms with van der Waals surface area (Å²) >= 11 is 27.5. The van der Waals surface area contributed by atoms with E-state index < -0.39 is 15.9 Å². The molecule has 2 aliphatic heterocycles. The van der Waals surface area contributed by atoms with E-state index in [1.54, 1.807) is 36.4 Å².